The Bertz CT molecular complexity index is 613. The van der Waals surface area contributed by atoms with Crippen molar-refractivity contribution >= 4 is 27.3 Å². The summed E-state index contributed by atoms with van der Waals surface area (Å²) < 4.78 is 23.1. The minimum atomic E-state index is -3.83. The maximum Gasteiger partial charge on any atom is 0.238 e. The van der Waals surface area contributed by atoms with Crippen molar-refractivity contribution in [1.82, 2.24) is 5.32 Å². The fourth-order valence-electron chi connectivity index (χ4n) is 1.90. The second-order valence-electron chi connectivity index (χ2n) is 4.55. The van der Waals surface area contributed by atoms with Crippen LogP contribution in [0.15, 0.2) is 17.0 Å². The molecule has 0 aromatic heterocycles. The SMILES string of the molecule is CNC(=O)CCN(C)c1cc(N)cc(S(N)(=O)=O)c1C. The highest BCUT2D eigenvalue weighted by atomic mass is 32.2. The van der Waals surface area contributed by atoms with Crippen molar-refractivity contribution in [3.63, 3.8) is 0 Å². The maximum absolute atomic E-state index is 11.5. The third kappa shape index (κ3) is 3.84. The number of nitrogen functional groups attached to an aromatic ring is 1. The summed E-state index contributed by atoms with van der Waals surface area (Å²) >= 11 is 0. The summed E-state index contributed by atoms with van der Waals surface area (Å²) in [6, 6.07) is 2.99. The van der Waals surface area contributed by atoms with Crippen molar-refractivity contribution in [2.24, 2.45) is 5.14 Å². The highest BCUT2D eigenvalue weighted by Crippen LogP contribution is 2.28. The summed E-state index contributed by atoms with van der Waals surface area (Å²) in [5.74, 6) is -0.0925. The van der Waals surface area contributed by atoms with Crippen molar-refractivity contribution in [2.45, 2.75) is 18.2 Å². The molecule has 20 heavy (non-hydrogen) atoms. The molecule has 0 saturated carbocycles. The van der Waals surface area contributed by atoms with Crippen LogP contribution in [0.25, 0.3) is 0 Å². The van der Waals surface area contributed by atoms with Crippen LogP contribution in [-0.2, 0) is 14.8 Å². The number of hydrogen-bond donors (Lipinski definition) is 3. The van der Waals surface area contributed by atoms with E-state index in [-0.39, 0.29) is 10.8 Å². The molecule has 0 unspecified atom stereocenters. The molecule has 112 valence electrons. The van der Waals surface area contributed by atoms with Gasteiger partial charge in [0.2, 0.25) is 15.9 Å². The van der Waals surface area contributed by atoms with E-state index in [0.717, 1.165) is 0 Å². The van der Waals surface area contributed by atoms with E-state index >= 15 is 0 Å². The first kappa shape index (κ1) is 16.3. The normalized spacial score (nSPS) is 11.2. The monoisotopic (exact) mass is 300 g/mol. The molecule has 0 saturated heterocycles. The zero-order valence-corrected chi connectivity index (χ0v) is 12.6. The van der Waals surface area contributed by atoms with Crippen LogP contribution < -0.4 is 21.1 Å². The van der Waals surface area contributed by atoms with E-state index in [1.54, 1.807) is 32.0 Å². The van der Waals surface area contributed by atoms with E-state index < -0.39 is 10.0 Å². The van der Waals surface area contributed by atoms with Gasteiger partial charge in [0.25, 0.3) is 0 Å². The lowest BCUT2D eigenvalue weighted by Crippen LogP contribution is -2.27. The molecule has 1 amide bonds. The molecule has 1 aromatic rings. The third-order valence-electron chi connectivity index (χ3n) is 3.03. The van der Waals surface area contributed by atoms with Crippen LogP contribution >= 0.6 is 0 Å². The summed E-state index contributed by atoms with van der Waals surface area (Å²) in [5, 5.41) is 7.70. The summed E-state index contributed by atoms with van der Waals surface area (Å²) in [6.45, 7) is 2.10. The number of amides is 1. The fourth-order valence-corrected chi connectivity index (χ4v) is 2.73. The Morgan fingerprint density at radius 3 is 2.50 bits per heavy atom. The van der Waals surface area contributed by atoms with Crippen LogP contribution in [0.4, 0.5) is 11.4 Å². The minimum absolute atomic E-state index is 0.000655. The molecule has 0 aliphatic rings. The van der Waals surface area contributed by atoms with Crippen molar-refractivity contribution in [3.05, 3.63) is 17.7 Å². The van der Waals surface area contributed by atoms with Crippen molar-refractivity contribution in [2.75, 3.05) is 31.3 Å². The zero-order chi connectivity index (χ0) is 15.5. The Hall–Kier alpha value is -1.80. The second kappa shape index (κ2) is 6.10. The first-order valence-corrected chi connectivity index (χ1v) is 7.56. The van der Waals surface area contributed by atoms with Gasteiger partial charge in [-0.1, -0.05) is 0 Å². The largest absolute Gasteiger partial charge is 0.399 e. The fraction of sp³-hybridized carbons (Fsp3) is 0.417. The van der Waals surface area contributed by atoms with Crippen LogP contribution in [0, 0.1) is 6.92 Å². The van der Waals surface area contributed by atoms with Gasteiger partial charge in [0.1, 0.15) is 0 Å². The predicted molar refractivity (Wildman–Crippen MR) is 78.9 cm³/mol. The predicted octanol–water partition coefficient (Wildman–Crippen LogP) is -0.203. The average Bonchev–Trinajstić information content (AvgIpc) is 2.36. The molecule has 1 rings (SSSR count). The number of nitrogens with one attached hydrogen (secondary N) is 1. The molecular weight excluding hydrogens is 280 g/mol. The lowest BCUT2D eigenvalue weighted by molar-refractivity contribution is -0.120. The lowest BCUT2D eigenvalue weighted by Gasteiger charge is -2.23. The van der Waals surface area contributed by atoms with Gasteiger partial charge in [-0.05, 0) is 24.6 Å². The Morgan fingerprint density at radius 2 is 2.00 bits per heavy atom. The molecule has 0 fully saturated rings. The quantitative estimate of drug-likeness (QED) is 0.651. The highest BCUT2D eigenvalue weighted by Gasteiger charge is 2.17. The molecule has 0 atom stereocenters. The Morgan fingerprint density at radius 1 is 1.40 bits per heavy atom. The van der Waals surface area contributed by atoms with E-state index in [0.29, 0.717) is 29.9 Å². The van der Waals surface area contributed by atoms with Gasteiger partial charge in [0.05, 0.1) is 4.90 Å². The standard InChI is InChI=1S/C12H20N4O3S/c1-8-10(16(3)5-4-12(17)15-2)6-9(13)7-11(8)20(14,18)19/h6-7H,4-5,13H2,1-3H3,(H,15,17)(H2,14,18,19). The van der Waals surface area contributed by atoms with Crippen molar-refractivity contribution in [3.8, 4) is 0 Å². The van der Waals surface area contributed by atoms with Crippen LogP contribution in [0.5, 0.6) is 0 Å². The molecule has 1 aromatic carbocycles. The maximum atomic E-state index is 11.5. The molecular formula is C12H20N4O3S. The highest BCUT2D eigenvalue weighted by molar-refractivity contribution is 7.89. The van der Waals surface area contributed by atoms with Gasteiger partial charge in [-0.25, -0.2) is 13.6 Å². The van der Waals surface area contributed by atoms with Gasteiger partial charge in [-0.15, -0.1) is 0 Å². The van der Waals surface area contributed by atoms with Gasteiger partial charge in [-0.2, -0.15) is 0 Å². The van der Waals surface area contributed by atoms with E-state index in [4.69, 9.17) is 10.9 Å². The van der Waals surface area contributed by atoms with Crippen LogP contribution in [0.1, 0.15) is 12.0 Å². The number of benzene rings is 1. The van der Waals surface area contributed by atoms with Crippen LogP contribution in [-0.4, -0.2) is 35.0 Å². The summed E-state index contributed by atoms with van der Waals surface area (Å²) in [7, 11) is -0.510. The van der Waals surface area contributed by atoms with Crippen molar-refractivity contribution < 1.29 is 13.2 Å². The van der Waals surface area contributed by atoms with E-state index in [9.17, 15) is 13.2 Å². The molecule has 0 bridgehead atoms. The van der Waals surface area contributed by atoms with Crippen LogP contribution in [0.3, 0.4) is 0 Å². The van der Waals surface area contributed by atoms with Crippen LogP contribution in [0.2, 0.25) is 0 Å². The smallest absolute Gasteiger partial charge is 0.238 e. The Labute approximate surface area is 119 Å². The third-order valence-corrected chi connectivity index (χ3v) is 4.06. The molecule has 0 heterocycles. The number of anilines is 2. The molecule has 0 aliphatic heterocycles. The number of carbonyl (C=O) groups is 1. The number of nitrogens with zero attached hydrogens (tertiary/aromatic N) is 1. The molecule has 0 spiro atoms. The topological polar surface area (TPSA) is 119 Å². The molecule has 0 radical (unpaired) electrons. The number of sulfonamides is 1. The number of primary sulfonamides is 1. The first-order chi connectivity index (χ1) is 9.16. The van der Waals surface area contributed by atoms with Crippen molar-refractivity contribution in [1.29, 1.82) is 0 Å². The molecule has 5 N–H and O–H groups in total. The minimum Gasteiger partial charge on any atom is -0.399 e. The lowest BCUT2D eigenvalue weighted by atomic mass is 10.1. The molecule has 8 heteroatoms. The van der Waals surface area contributed by atoms with Gasteiger partial charge in [-0.3, -0.25) is 4.79 Å². The summed E-state index contributed by atoms with van der Waals surface area (Å²) in [6.07, 6.45) is 0.298. The first-order valence-electron chi connectivity index (χ1n) is 6.01. The number of carbonyl (C=O) groups excluding carboxylic acids is 1. The number of rotatable bonds is 5. The second-order valence-corrected chi connectivity index (χ2v) is 6.08. The van der Waals surface area contributed by atoms with Gasteiger partial charge in [0, 0.05) is 38.4 Å². The number of nitrogens with two attached hydrogens (primary N) is 2. The zero-order valence-electron chi connectivity index (χ0n) is 11.8. The number of hydrogen-bond acceptors (Lipinski definition) is 5. The Balaban J connectivity index is 3.12. The Kier molecular flexibility index (Phi) is 4.96. The summed E-state index contributed by atoms with van der Waals surface area (Å²) in [4.78, 5) is 13.0. The average molecular weight is 300 g/mol. The van der Waals surface area contributed by atoms with Gasteiger partial charge < -0.3 is 16.0 Å². The summed E-state index contributed by atoms with van der Waals surface area (Å²) in [5.41, 5.74) is 7.18. The van der Waals surface area contributed by atoms with Gasteiger partial charge in [0.15, 0.2) is 0 Å². The van der Waals surface area contributed by atoms with E-state index in [1.165, 1.54) is 6.07 Å². The van der Waals surface area contributed by atoms with E-state index in [1.807, 2.05) is 0 Å². The van der Waals surface area contributed by atoms with E-state index in [2.05, 4.69) is 5.32 Å². The molecule has 7 nitrogen and oxygen atoms in total. The van der Waals surface area contributed by atoms with Gasteiger partial charge >= 0.3 is 0 Å². The molecule has 0 aliphatic carbocycles.